The van der Waals surface area contributed by atoms with E-state index in [1.165, 1.54) is 12.1 Å². The van der Waals surface area contributed by atoms with Crippen LogP contribution >= 0.6 is 0 Å². The second kappa shape index (κ2) is 8.13. The lowest BCUT2D eigenvalue weighted by molar-refractivity contribution is -0.132. The molecule has 26 heavy (non-hydrogen) atoms. The summed E-state index contributed by atoms with van der Waals surface area (Å²) in [5.74, 6) is -0.475. The second-order valence-corrected chi connectivity index (χ2v) is 6.70. The van der Waals surface area contributed by atoms with Crippen LogP contribution in [0.15, 0.2) is 48.5 Å². The van der Waals surface area contributed by atoms with Crippen LogP contribution in [0.1, 0.15) is 40.7 Å². The molecule has 0 unspecified atom stereocenters. The zero-order valence-electron chi connectivity index (χ0n) is 14.9. The first-order valence-corrected chi connectivity index (χ1v) is 8.92. The normalized spacial score (nSPS) is 13.3. The Hall–Kier alpha value is -2.69. The number of carbonyl (C=O) groups excluding carboxylic acids is 2. The molecule has 0 bridgehead atoms. The van der Waals surface area contributed by atoms with Crippen molar-refractivity contribution in [2.24, 2.45) is 0 Å². The van der Waals surface area contributed by atoms with Gasteiger partial charge < -0.3 is 10.2 Å². The van der Waals surface area contributed by atoms with Gasteiger partial charge in [-0.1, -0.05) is 30.3 Å². The molecule has 136 valence electrons. The zero-order chi connectivity index (χ0) is 18.5. The Morgan fingerprint density at radius 1 is 1.15 bits per heavy atom. The highest BCUT2D eigenvalue weighted by Crippen LogP contribution is 2.29. The predicted molar refractivity (Wildman–Crippen MR) is 98.1 cm³/mol. The number of aryl methyl sites for hydroxylation is 1. The SMILES string of the molecule is Cc1ccccc1C(=O)NCCC(=O)N(Cc1cccc(F)c1)C1CC1. The van der Waals surface area contributed by atoms with E-state index >= 15 is 0 Å². The summed E-state index contributed by atoms with van der Waals surface area (Å²) in [4.78, 5) is 26.6. The molecule has 1 aliphatic carbocycles. The minimum atomic E-state index is -0.295. The molecule has 0 spiro atoms. The summed E-state index contributed by atoms with van der Waals surface area (Å²) in [7, 11) is 0. The maximum absolute atomic E-state index is 13.4. The Balaban J connectivity index is 1.54. The largest absolute Gasteiger partial charge is 0.352 e. The number of hydrogen-bond acceptors (Lipinski definition) is 2. The van der Waals surface area contributed by atoms with Crippen LogP contribution in [-0.4, -0.2) is 29.3 Å². The Morgan fingerprint density at radius 2 is 1.92 bits per heavy atom. The fourth-order valence-corrected chi connectivity index (χ4v) is 2.99. The smallest absolute Gasteiger partial charge is 0.251 e. The second-order valence-electron chi connectivity index (χ2n) is 6.70. The van der Waals surface area contributed by atoms with Crippen LogP contribution in [0.5, 0.6) is 0 Å². The van der Waals surface area contributed by atoms with Gasteiger partial charge >= 0.3 is 0 Å². The third-order valence-corrected chi connectivity index (χ3v) is 4.56. The van der Waals surface area contributed by atoms with Crippen LogP contribution in [0, 0.1) is 12.7 Å². The maximum Gasteiger partial charge on any atom is 0.251 e. The van der Waals surface area contributed by atoms with Gasteiger partial charge in [-0.2, -0.15) is 0 Å². The number of carbonyl (C=O) groups is 2. The third kappa shape index (κ3) is 4.69. The Labute approximate surface area is 153 Å². The lowest BCUT2D eigenvalue weighted by Gasteiger charge is -2.23. The average molecular weight is 354 g/mol. The van der Waals surface area contributed by atoms with E-state index in [2.05, 4.69) is 5.32 Å². The summed E-state index contributed by atoms with van der Waals surface area (Å²) in [5.41, 5.74) is 2.31. The van der Waals surface area contributed by atoms with E-state index in [0.717, 1.165) is 24.0 Å². The number of rotatable bonds is 7. The molecule has 2 aromatic carbocycles. The van der Waals surface area contributed by atoms with Crippen LogP contribution in [0.4, 0.5) is 4.39 Å². The molecular weight excluding hydrogens is 331 g/mol. The fourth-order valence-electron chi connectivity index (χ4n) is 2.99. The van der Waals surface area contributed by atoms with Gasteiger partial charge in [-0.05, 0) is 49.1 Å². The monoisotopic (exact) mass is 354 g/mol. The van der Waals surface area contributed by atoms with E-state index in [9.17, 15) is 14.0 Å². The molecule has 4 nitrogen and oxygen atoms in total. The highest BCUT2D eigenvalue weighted by molar-refractivity contribution is 5.95. The van der Waals surface area contributed by atoms with Crippen molar-refractivity contribution in [3.63, 3.8) is 0 Å². The van der Waals surface area contributed by atoms with Crippen molar-refractivity contribution in [2.45, 2.75) is 38.8 Å². The number of halogens is 1. The van der Waals surface area contributed by atoms with Gasteiger partial charge in [0, 0.05) is 31.1 Å². The van der Waals surface area contributed by atoms with Gasteiger partial charge in [0.05, 0.1) is 0 Å². The van der Waals surface area contributed by atoms with E-state index in [1.54, 1.807) is 17.0 Å². The molecule has 0 aromatic heterocycles. The molecule has 1 fully saturated rings. The van der Waals surface area contributed by atoms with Crippen molar-refractivity contribution in [2.75, 3.05) is 6.54 Å². The van der Waals surface area contributed by atoms with E-state index in [-0.39, 0.29) is 30.1 Å². The predicted octanol–water partition coefficient (Wildman–Crippen LogP) is 3.45. The average Bonchev–Trinajstić information content (AvgIpc) is 3.45. The van der Waals surface area contributed by atoms with Gasteiger partial charge in [-0.25, -0.2) is 4.39 Å². The molecule has 2 aromatic rings. The van der Waals surface area contributed by atoms with Crippen LogP contribution in [0.3, 0.4) is 0 Å². The van der Waals surface area contributed by atoms with E-state index in [0.29, 0.717) is 18.7 Å². The van der Waals surface area contributed by atoms with Crippen molar-refractivity contribution >= 4 is 11.8 Å². The minimum Gasteiger partial charge on any atom is -0.352 e. The molecule has 0 radical (unpaired) electrons. The van der Waals surface area contributed by atoms with Crippen LogP contribution in [0.25, 0.3) is 0 Å². The summed E-state index contributed by atoms with van der Waals surface area (Å²) in [6.45, 7) is 2.58. The lowest BCUT2D eigenvalue weighted by atomic mass is 10.1. The van der Waals surface area contributed by atoms with Gasteiger partial charge in [0.25, 0.3) is 5.91 Å². The molecular formula is C21H23FN2O2. The first-order chi connectivity index (χ1) is 12.5. The molecule has 5 heteroatoms. The standard InChI is InChI=1S/C21H23FN2O2/c1-15-5-2-3-8-19(15)21(26)23-12-11-20(25)24(18-9-10-18)14-16-6-4-7-17(22)13-16/h2-8,13,18H,9-12,14H2,1H3,(H,23,26). The lowest BCUT2D eigenvalue weighted by Crippen LogP contribution is -2.35. The van der Waals surface area contributed by atoms with Crippen LogP contribution in [-0.2, 0) is 11.3 Å². The minimum absolute atomic E-state index is 0.0122. The number of nitrogens with one attached hydrogen (secondary N) is 1. The van der Waals surface area contributed by atoms with Gasteiger partial charge in [0.15, 0.2) is 0 Å². The Bertz CT molecular complexity index is 802. The molecule has 1 N–H and O–H groups in total. The van der Waals surface area contributed by atoms with E-state index in [1.807, 2.05) is 31.2 Å². The highest BCUT2D eigenvalue weighted by atomic mass is 19.1. The molecule has 0 aliphatic heterocycles. The molecule has 3 rings (SSSR count). The van der Waals surface area contributed by atoms with E-state index < -0.39 is 0 Å². The maximum atomic E-state index is 13.4. The van der Waals surface area contributed by atoms with Crippen molar-refractivity contribution in [1.29, 1.82) is 0 Å². The van der Waals surface area contributed by atoms with Crippen LogP contribution in [0.2, 0.25) is 0 Å². The van der Waals surface area contributed by atoms with Crippen molar-refractivity contribution in [3.8, 4) is 0 Å². The quantitative estimate of drug-likeness (QED) is 0.828. The van der Waals surface area contributed by atoms with Crippen molar-refractivity contribution < 1.29 is 14.0 Å². The first kappa shape index (κ1) is 18.1. The third-order valence-electron chi connectivity index (χ3n) is 4.56. The van der Waals surface area contributed by atoms with Crippen molar-refractivity contribution in [3.05, 3.63) is 71.0 Å². The van der Waals surface area contributed by atoms with Crippen LogP contribution < -0.4 is 5.32 Å². The number of hydrogen-bond donors (Lipinski definition) is 1. The van der Waals surface area contributed by atoms with Gasteiger partial charge in [-0.15, -0.1) is 0 Å². The first-order valence-electron chi connectivity index (χ1n) is 8.92. The highest BCUT2D eigenvalue weighted by Gasteiger charge is 2.32. The molecule has 0 atom stereocenters. The number of benzene rings is 2. The fraction of sp³-hybridized carbons (Fsp3) is 0.333. The number of nitrogens with zero attached hydrogens (tertiary/aromatic N) is 1. The summed E-state index contributed by atoms with van der Waals surface area (Å²) >= 11 is 0. The summed E-state index contributed by atoms with van der Waals surface area (Å²) in [5, 5.41) is 2.81. The van der Waals surface area contributed by atoms with Crippen molar-refractivity contribution in [1.82, 2.24) is 10.2 Å². The molecule has 1 aliphatic rings. The topological polar surface area (TPSA) is 49.4 Å². The van der Waals surface area contributed by atoms with E-state index in [4.69, 9.17) is 0 Å². The zero-order valence-corrected chi connectivity index (χ0v) is 14.9. The summed E-state index contributed by atoms with van der Waals surface area (Å²) in [6.07, 6.45) is 2.21. The Kier molecular flexibility index (Phi) is 5.66. The Morgan fingerprint density at radius 3 is 2.62 bits per heavy atom. The molecule has 0 heterocycles. The molecule has 2 amide bonds. The summed E-state index contributed by atoms with van der Waals surface area (Å²) < 4.78 is 13.4. The van der Waals surface area contributed by atoms with Gasteiger partial charge in [-0.3, -0.25) is 9.59 Å². The molecule has 1 saturated carbocycles. The molecule has 0 saturated heterocycles. The summed E-state index contributed by atoms with van der Waals surface area (Å²) in [6, 6.07) is 13.9. The number of amides is 2. The van der Waals surface area contributed by atoms with Gasteiger partial charge in [0.1, 0.15) is 5.82 Å². The van der Waals surface area contributed by atoms with Gasteiger partial charge in [0.2, 0.25) is 5.91 Å².